The maximum Gasteiger partial charge on any atom is 0.326 e. The van der Waals surface area contributed by atoms with Crippen molar-refractivity contribution in [3.63, 3.8) is 0 Å². The molecule has 0 radical (unpaired) electrons. The zero-order chi connectivity index (χ0) is 26.5. The van der Waals surface area contributed by atoms with Gasteiger partial charge in [0.05, 0.1) is 12.2 Å². The average molecular weight is 522 g/mol. The topological polar surface area (TPSA) is 93.0 Å². The molecule has 5 rings (SSSR count). The number of anilines is 1. The summed E-state index contributed by atoms with van der Waals surface area (Å²) in [5, 5.41) is 4.58. The number of carbonyl (C=O) groups excluding carboxylic acids is 3. The summed E-state index contributed by atoms with van der Waals surface area (Å²) in [5.41, 5.74) is 1.72. The van der Waals surface area contributed by atoms with Gasteiger partial charge in [0.1, 0.15) is 17.6 Å². The molecule has 0 N–H and O–H groups in total. The van der Waals surface area contributed by atoms with Gasteiger partial charge in [0.2, 0.25) is 11.8 Å². The third-order valence-corrected chi connectivity index (χ3v) is 7.00. The van der Waals surface area contributed by atoms with Crippen molar-refractivity contribution < 1.29 is 23.6 Å². The third kappa shape index (κ3) is 4.50. The lowest BCUT2D eigenvalue weighted by molar-refractivity contribution is -0.153. The fraction of sp³-hybridized carbons (Fsp3) is 0.357. The fourth-order valence-corrected chi connectivity index (χ4v) is 5.33. The number of aryl methyl sites for hydroxylation is 1. The van der Waals surface area contributed by atoms with E-state index in [2.05, 4.69) is 5.16 Å². The SMILES string of the molecule is Cc1noc(-c2ccccc2)c1CN1CC2(CC1=O)C(=O)N(CC(=O)OC(C)(C)C)c1ccc(Cl)cc12. The molecule has 2 aliphatic heterocycles. The van der Waals surface area contributed by atoms with Gasteiger partial charge in [-0.25, -0.2) is 0 Å². The molecule has 1 unspecified atom stereocenters. The maximum atomic E-state index is 13.9. The number of esters is 1. The molecular formula is C28H28ClN3O5. The third-order valence-electron chi connectivity index (χ3n) is 6.76. The van der Waals surface area contributed by atoms with Gasteiger partial charge in [-0.1, -0.05) is 47.1 Å². The van der Waals surface area contributed by atoms with Crippen molar-refractivity contribution in [1.82, 2.24) is 10.1 Å². The van der Waals surface area contributed by atoms with Crippen molar-refractivity contribution in [2.45, 2.75) is 51.7 Å². The van der Waals surface area contributed by atoms with E-state index in [-0.39, 0.29) is 37.9 Å². The molecule has 1 saturated heterocycles. The Bertz CT molecular complexity index is 1390. The first-order chi connectivity index (χ1) is 17.5. The molecule has 3 heterocycles. The summed E-state index contributed by atoms with van der Waals surface area (Å²) in [6.07, 6.45) is -0.0189. The van der Waals surface area contributed by atoms with Gasteiger partial charge < -0.3 is 19.1 Å². The Morgan fingerprint density at radius 1 is 1.16 bits per heavy atom. The number of halogens is 1. The summed E-state index contributed by atoms with van der Waals surface area (Å²) in [6, 6.07) is 14.7. The van der Waals surface area contributed by atoms with E-state index >= 15 is 0 Å². The molecule has 0 bridgehead atoms. The van der Waals surface area contributed by atoms with E-state index < -0.39 is 17.0 Å². The standard InChI is InChI=1S/C28H28ClN3O5/c1-17-20(25(37-30-17)18-8-6-5-7-9-18)14-31-16-28(13-23(31)33)21-12-19(29)10-11-22(21)32(26(28)35)15-24(34)36-27(2,3)4/h5-12H,13-16H2,1-4H3. The van der Waals surface area contributed by atoms with Crippen molar-refractivity contribution in [2.75, 3.05) is 18.0 Å². The summed E-state index contributed by atoms with van der Waals surface area (Å²) in [4.78, 5) is 43.0. The second kappa shape index (κ2) is 9.03. The molecule has 9 heteroatoms. The Morgan fingerprint density at radius 3 is 2.59 bits per heavy atom. The lowest BCUT2D eigenvalue weighted by Crippen LogP contribution is -2.45. The van der Waals surface area contributed by atoms with Crippen LogP contribution in [0.3, 0.4) is 0 Å². The van der Waals surface area contributed by atoms with Crippen LogP contribution in [0.2, 0.25) is 5.02 Å². The Hall–Kier alpha value is -3.65. The Balaban J connectivity index is 1.46. The molecular weight excluding hydrogens is 494 g/mol. The maximum absolute atomic E-state index is 13.9. The number of nitrogens with zero attached hydrogens (tertiary/aromatic N) is 3. The van der Waals surface area contributed by atoms with E-state index in [0.717, 1.165) is 11.1 Å². The van der Waals surface area contributed by atoms with Crippen LogP contribution < -0.4 is 4.90 Å². The van der Waals surface area contributed by atoms with Gasteiger partial charge >= 0.3 is 5.97 Å². The molecule has 1 spiro atoms. The number of hydrogen-bond acceptors (Lipinski definition) is 6. The first-order valence-electron chi connectivity index (χ1n) is 12.1. The zero-order valence-corrected chi connectivity index (χ0v) is 22.0. The van der Waals surface area contributed by atoms with Crippen molar-refractivity contribution in [3.05, 3.63) is 70.4 Å². The highest BCUT2D eigenvalue weighted by atomic mass is 35.5. The summed E-state index contributed by atoms with van der Waals surface area (Å²) < 4.78 is 11.1. The van der Waals surface area contributed by atoms with Gasteiger partial charge in [0.15, 0.2) is 5.76 Å². The Labute approximate surface area is 220 Å². The predicted octanol–water partition coefficient (Wildman–Crippen LogP) is 4.66. The van der Waals surface area contributed by atoms with Crippen LogP contribution in [0.4, 0.5) is 5.69 Å². The van der Waals surface area contributed by atoms with E-state index in [4.69, 9.17) is 20.9 Å². The van der Waals surface area contributed by atoms with Crippen LogP contribution in [0, 0.1) is 6.92 Å². The number of hydrogen-bond donors (Lipinski definition) is 0. The molecule has 192 valence electrons. The lowest BCUT2D eigenvalue weighted by atomic mass is 9.81. The number of fused-ring (bicyclic) bond motifs is 2. The van der Waals surface area contributed by atoms with Gasteiger partial charge in [0.25, 0.3) is 0 Å². The largest absolute Gasteiger partial charge is 0.459 e. The van der Waals surface area contributed by atoms with Gasteiger partial charge in [-0.3, -0.25) is 14.4 Å². The van der Waals surface area contributed by atoms with Crippen LogP contribution in [0.1, 0.15) is 44.0 Å². The number of carbonyl (C=O) groups is 3. The molecule has 2 aliphatic rings. The lowest BCUT2D eigenvalue weighted by Gasteiger charge is -2.25. The summed E-state index contributed by atoms with van der Waals surface area (Å²) in [6.45, 7) is 7.31. The van der Waals surface area contributed by atoms with Crippen molar-refractivity contribution >= 4 is 35.1 Å². The summed E-state index contributed by atoms with van der Waals surface area (Å²) >= 11 is 6.33. The van der Waals surface area contributed by atoms with E-state index in [1.54, 1.807) is 43.9 Å². The summed E-state index contributed by atoms with van der Waals surface area (Å²) in [7, 11) is 0. The van der Waals surface area contributed by atoms with E-state index in [1.807, 2.05) is 37.3 Å². The zero-order valence-electron chi connectivity index (χ0n) is 21.2. The van der Waals surface area contributed by atoms with E-state index in [1.165, 1.54) is 4.90 Å². The van der Waals surface area contributed by atoms with Crippen LogP contribution in [-0.4, -0.2) is 46.5 Å². The molecule has 3 aromatic rings. The van der Waals surface area contributed by atoms with Crippen molar-refractivity contribution in [3.8, 4) is 11.3 Å². The molecule has 1 aromatic heterocycles. The van der Waals surface area contributed by atoms with Crippen LogP contribution in [0.15, 0.2) is 53.1 Å². The number of aromatic nitrogens is 1. The number of amides is 2. The number of likely N-dealkylation sites (tertiary alicyclic amines) is 1. The monoisotopic (exact) mass is 521 g/mol. The van der Waals surface area contributed by atoms with Crippen LogP contribution >= 0.6 is 11.6 Å². The summed E-state index contributed by atoms with van der Waals surface area (Å²) in [5.74, 6) is -0.401. The molecule has 2 aromatic carbocycles. The van der Waals surface area contributed by atoms with Gasteiger partial charge in [-0.05, 0) is 51.5 Å². The predicted molar refractivity (Wildman–Crippen MR) is 138 cm³/mol. The molecule has 2 amide bonds. The Morgan fingerprint density at radius 2 is 1.89 bits per heavy atom. The first-order valence-corrected chi connectivity index (χ1v) is 12.5. The average Bonchev–Trinajstić information content (AvgIpc) is 3.43. The molecule has 8 nitrogen and oxygen atoms in total. The highest BCUT2D eigenvalue weighted by Gasteiger charge is 2.57. The minimum absolute atomic E-state index is 0.0189. The molecule has 1 fully saturated rings. The normalized spacial score (nSPS) is 19.2. The molecule has 0 saturated carbocycles. The van der Waals surface area contributed by atoms with Gasteiger partial charge in [-0.15, -0.1) is 0 Å². The van der Waals surface area contributed by atoms with Crippen molar-refractivity contribution in [1.29, 1.82) is 0 Å². The van der Waals surface area contributed by atoms with Gasteiger partial charge in [0, 0.05) is 34.8 Å². The fourth-order valence-electron chi connectivity index (χ4n) is 5.16. The van der Waals surface area contributed by atoms with Crippen LogP contribution in [0.5, 0.6) is 0 Å². The van der Waals surface area contributed by atoms with Crippen molar-refractivity contribution in [2.24, 2.45) is 0 Å². The minimum Gasteiger partial charge on any atom is -0.459 e. The quantitative estimate of drug-likeness (QED) is 0.453. The van der Waals surface area contributed by atoms with Gasteiger partial charge in [-0.2, -0.15) is 0 Å². The first kappa shape index (κ1) is 25.0. The minimum atomic E-state index is -1.14. The van der Waals surface area contributed by atoms with E-state index in [0.29, 0.717) is 27.7 Å². The smallest absolute Gasteiger partial charge is 0.326 e. The highest BCUT2D eigenvalue weighted by molar-refractivity contribution is 6.31. The molecule has 37 heavy (non-hydrogen) atoms. The van der Waals surface area contributed by atoms with E-state index in [9.17, 15) is 14.4 Å². The second-order valence-corrected chi connectivity index (χ2v) is 11.0. The molecule has 0 aliphatic carbocycles. The number of benzene rings is 2. The highest BCUT2D eigenvalue weighted by Crippen LogP contribution is 2.49. The molecule has 1 atom stereocenters. The Kier molecular flexibility index (Phi) is 6.10. The van der Waals surface area contributed by atoms with Crippen LogP contribution in [-0.2, 0) is 31.1 Å². The van der Waals surface area contributed by atoms with Crippen LogP contribution in [0.25, 0.3) is 11.3 Å². The second-order valence-electron chi connectivity index (χ2n) is 10.6. The number of rotatable bonds is 5. The number of ether oxygens (including phenoxy) is 1.